The molecule has 1 atom stereocenters. The number of rotatable bonds is 8. The zero-order valence-corrected chi connectivity index (χ0v) is 17.6. The van der Waals surface area contributed by atoms with Gasteiger partial charge in [-0.2, -0.15) is 0 Å². The Morgan fingerprint density at radius 1 is 1.24 bits per heavy atom. The topological polar surface area (TPSA) is 219 Å². The number of aromatic amines is 1. The van der Waals surface area contributed by atoms with E-state index in [1.807, 2.05) is 0 Å². The molecule has 0 aliphatic carbocycles. The second-order valence-electron chi connectivity index (χ2n) is 4.58. The van der Waals surface area contributed by atoms with Crippen LogP contribution in [-0.4, -0.2) is 84.0 Å². The number of nitrogens with one attached hydrogen (secondary N) is 2. The van der Waals surface area contributed by atoms with Crippen molar-refractivity contribution in [3.05, 3.63) is 18.2 Å². The van der Waals surface area contributed by atoms with Crippen LogP contribution in [0.1, 0.15) is 25.0 Å². The van der Waals surface area contributed by atoms with E-state index in [1.165, 1.54) is 5.48 Å². The van der Waals surface area contributed by atoms with Gasteiger partial charge >= 0.3 is 5.97 Å². The molecular weight excluding hydrogens is 527 g/mol. The Hall–Kier alpha value is -1.17. The number of carboxylic acid groups (broad SMARTS) is 1. The predicted octanol–water partition coefficient (Wildman–Crippen LogP) is -2.49. The average Bonchev–Trinajstić information content (AvgIpc) is 3.09. The number of H-pyrrole nitrogens is 1. The molecule has 0 aromatic carbocycles. The fourth-order valence-corrected chi connectivity index (χ4v) is 1.25. The summed E-state index contributed by atoms with van der Waals surface area (Å²) in [7, 11) is 0. The molecule has 0 saturated heterocycles. The molecule has 12 N–H and O–H groups in total. The number of nitrogens with two attached hydrogens (primary N) is 4. The first-order chi connectivity index (χ1) is 11.4. The van der Waals surface area contributed by atoms with Crippen molar-refractivity contribution in [1.29, 1.82) is 0 Å². The molecule has 1 aromatic heterocycles. The van der Waals surface area contributed by atoms with Crippen LogP contribution in [0.5, 0.6) is 0 Å². The van der Waals surface area contributed by atoms with Crippen molar-refractivity contribution in [1.82, 2.24) is 15.4 Å². The van der Waals surface area contributed by atoms with Crippen molar-refractivity contribution >= 4 is 38.1 Å². The van der Waals surface area contributed by atoms with E-state index < -0.39 is 17.9 Å². The Kier molecular flexibility index (Phi) is 23.9. The maximum atomic E-state index is 10.1. The molecule has 11 nitrogen and oxygen atoms in total. The molecule has 1 amide bonds. The molecule has 12 heteroatoms. The van der Waals surface area contributed by atoms with Gasteiger partial charge in [-0.25, -0.2) is 10.5 Å². The quantitative estimate of drug-likeness (QED) is 0.0734. The van der Waals surface area contributed by atoms with E-state index in [0.29, 0.717) is 19.5 Å². The monoisotopic (exact) mass is 556 g/mol. The van der Waals surface area contributed by atoms with Crippen molar-refractivity contribution in [3.8, 4) is 0 Å². The summed E-state index contributed by atoms with van der Waals surface area (Å²) in [6.45, 7) is 1.12. The number of hydrogen-bond donors (Lipinski definition) is 8. The number of carbonyl (C=O) groups is 2. The summed E-state index contributed by atoms with van der Waals surface area (Å²) in [6.07, 6.45) is 6.50. The SMILES string of the molecule is NCC(=O)NO.NCCCC[C@H](N)C(=O)O.NCCc1cnc[nH]1.[Bi]. The van der Waals surface area contributed by atoms with E-state index in [9.17, 15) is 9.59 Å². The molecule has 3 radical (unpaired) electrons. The number of hydroxylamine groups is 1. The maximum Gasteiger partial charge on any atom is 0.320 e. The van der Waals surface area contributed by atoms with E-state index in [4.69, 9.17) is 33.2 Å². The molecule has 0 unspecified atom stereocenters. The Morgan fingerprint density at radius 2 is 1.88 bits per heavy atom. The maximum absolute atomic E-state index is 10.1. The van der Waals surface area contributed by atoms with Crippen LogP contribution in [-0.2, 0) is 16.0 Å². The first kappa shape index (κ1) is 28.6. The second-order valence-corrected chi connectivity index (χ2v) is 4.58. The molecule has 0 aliphatic rings. The average molecular weight is 556 g/mol. The molecule has 0 saturated carbocycles. The van der Waals surface area contributed by atoms with Gasteiger partial charge in [0.15, 0.2) is 0 Å². The van der Waals surface area contributed by atoms with Crippen molar-refractivity contribution in [2.45, 2.75) is 31.7 Å². The minimum absolute atomic E-state index is 0. The third-order valence-corrected chi connectivity index (χ3v) is 2.57. The first-order valence-electron chi connectivity index (χ1n) is 7.41. The molecule has 145 valence electrons. The number of carbonyl (C=O) groups excluding carboxylic acids is 1. The number of aromatic nitrogens is 2. The summed E-state index contributed by atoms with van der Waals surface area (Å²) in [6, 6.07) is -0.716. The number of carboxylic acids is 1. The van der Waals surface area contributed by atoms with Crippen LogP contribution in [0.25, 0.3) is 0 Å². The number of unbranched alkanes of at least 4 members (excludes halogenated alkanes) is 1. The van der Waals surface area contributed by atoms with Gasteiger partial charge in [0, 0.05) is 44.5 Å². The Labute approximate surface area is 166 Å². The number of imidazole rings is 1. The van der Waals surface area contributed by atoms with Gasteiger partial charge in [0.05, 0.1) is 12.9 Å². The zero-order chi connectivity index (χ0) is 18.8. The van der Waals surface area contributed by atoms with Crippen LogP contribution in [0.3, 0.4) is 0 Å². The van der Waals surface area contributed by atoms with Crippen molar-refractivity contribution in [2.24, 2.45) is 22.9 Å². The van der Waals surface area contributed by atoms with Crippen LogP contribution in [0.4, 0.5) is 0 Å². The minimum atomic E-state index is -0.933. The van der Waals surface area contributed by atoms with Gasteiger partial charge < -0.3 is 33.0 Å². The summed E-state index contributed by atoms with van der Waals surface area (Å²) in [4.78, 5) is 26.6. The number of nitrogens with zero attached hydrogens (tertiary/aromatic N) is 1. The normalized spacial score (nSPS) is 10.1. The van der Waals surface area contributed by atoms with Gasteiger partial charge in [0.25, 0.3) is 5.91 Å². The number of amides is 1. The predicted molar refractivity (Wildman–Crippen MR) is 94.6 cm³/mol. The summed E-state index contributed by atoms with van der Waals surface area (Å²) in [5, 5.41) is 16.0. The molecule has 0 bridgehead atoms. The van der Waals surface area contributed by atoms with Crippen LogP contribution in [0.15, 0.2) is 12.5 Å². The van der Waals surface area contributed by atoms with Gasteiger partial charge in [-0.15, -0.1) is 0 Å². The van der Waals surface area contributed by atoms with Gasteiger partial charge in [-0.1, -0.05) is 6.42 Å². The van der Waals surface area contributed by atoms with E-state index in [2.05, 4.69) is 9.97 Å². The van der Waals surface area contributed by atoms with Crippen LogP contribution < -0.4 is 28.4 Å². The van der Waals surface area contributed by atoms with Gasteiger partial charge in [-0.05, 0) is 25.9 Å². The first-order valence-corrected chi connectivity index (χ1v) is 7.41. The smallest absolute Gasteiger partial charge is 0.320 e. The van der Waals surface area contributed by atoms with Gasteiger partial charge in [0.1, 0.15) is 6.04 Å². The second kappa shape index (κ2) is 20.9. The van der Waals surface area contributed by atoms with E-state index in [1.54, 1.807) is 12.5 Å². The van der Waals surface area contributed by atoms with Gasteiger partial charge in [-0.3, -0.25) is 14.8 Å². The minimum Gasteiger partial charge on any atom is -0.480 e. The molecule has 0 spiro atoms. The molecule has 0 fully saturated rings. The summed E-state index contributed by atoms with van der Waals surface area (Å²) >= 11 is 0. The summed E-state index contributed by atoms with van der Waals surface area (Å²) in [5.74, 6) is -1.51. The Morgan fingerprint density at radius 3 is 2.20 bits per heavy atom. The molecule has 25 heavy (non-hydrogen) atoms. The van der Waals surface area contributed by atoms with Crippen molar-refractivity contribution in [2.75, 3.05) is 19.6 Å². The van der Waals surface area contributed by atoms with Crippen molar-refractivity contribution in [3.63, 3.8) is 0 Å². The van der Waals surface area contributed by atoms with E-state index in [0.717, 1.165) is 25.0 Å². The Bertz CT molecular complexity index is 415. The summed E-state index contributed by atoms with van der Waals surface area (Å²) in [5.41, 5.74) is 22.9. The molecule has 1 heterocycles. The summed E-state index contributed by atoms with van der Waals surface area (Å²) < 4.78 is 0. The standard InChI is InChI=1S/C6H14N2O2.C5H9N3.C2H6N2O2.Bi/c7-4-2-1-3-5(8)6(9)10;6-2-1-5-3-7-4-8-5;3-1-2(5)4-6;/h5H,1-4,7-8H2,(H,9,10);3-4H,1-2,6H2,(H,7,8);6H,1,3H2,(H,4,5);/t5-;;;/m0.../s1. The fraction of sp³-hybridized carbons (Fsp3) is 0.615. The van der Waals surface area contributed by atoms with E-state index in [-0.39, 0.29) is 32.7 Å². The van der Waals surface area contributed by atoms with Gasteiger partial charge in [0.2, 0.25) is 0 Å². The van der Waals surface area contributed by atoms with Crippen molar-refractivity contribution < 1.29 is 19.9 Å². The third-order valence-electron chi connectivity index (χ3n) is 2.57. The molecule has 1 rings (SSSR count). The molecule has 1 aromatic rings. The molecular formula is C13H29BiN7O4. The largest absolute Gasteiger partial charge is 0.480 e. The van der Waals surface area contributed by atoms with E-state index >= 15 is 0 Å². The fourth-order valence-electron chi connectivity index (χ4n) is 1.25. The zero-order valence-electron chi connectivity index (χ0n) is 14.1. The molecule has 0 aliphatic heterocycles. The third kappa shape index (κ3) is 20.8. The number of aliphatic carboxylic acids is 1. The van der Waals surface area contributed by atoms with Crippen LogP contribution in [0, 0.1) is 0 Å². The Balaban J connectivity index is -0.000000293. The van der Waals surface area contributed by atoms with Crippen LogP contribution >= 0.6 is 0 Å². The van der Waals surface area contributed by atoms with Crippen LogP contribution in [0.2, 0.25) is 0 Å². The number of hydrogen-bond acceptors (Lipinski definition) is 8.